The maximum atomic E-state index is 12.6. The van der Waals surface area contributed by atoms with Gasteiger partial charge in [-0.1, -0.05) is 48.8 Å². The zero-order valence-corrected chi connectivity index (χ0v) is 19.0. The molecule has 3 fully saturated rings. The maximum Gasteiger partial charge on any atom is 0.297 e. The molecule has 2 saturated heterocycles. The Balaban J connectivity index is 1.54. The van der Waals surface area contributed by atoms with Gasteiger partial charge in [0.1, 0.15) is 6.10 Å². The zero-order valence-electron chi connectivity index (χ0n) is 18.2. The summed E-state index contributed by atoms with van der Waals surface area (Å²) in [5.41, 5.74) is -0.797. The lowest BCUT2D eigenvalue weighted by Crippen LogP contribution is -2.49. The number of fused-ring (bicyclic) bond motifs is 1. The summed E-state index contributed by atoms with van der Waals surface area (Å²) in [6.07, 6.45) is 2.69. The Morgan fingerprint density at radius 2 is 1.81 bits per heavy atom. The van der Waals surface area contributed by atoms with Crippen molar-refractivity contribution >= 4 is 10.1 Å². The quantitative estimate of drug-likeness (QED) is 0.557. The van der Waals surface area contributed by atoms with Gasteiger partial charge in [-0.3, -0.25) is 4.18 Å². The Hall–Kier alpha value is -1.47. The molecule has 0 bridgehead atoms. The normalized spacial score (nSPS) is 33.0. The molecular weight excluding hydrogens is 420 g/mol. The van der Waals surface area contributed by atoms with E-state index in [-0.39, 0.29) is 10.8 Å². The lowest BCUT2D eigenvalue weighted by molar-refractivity contribution is -0.224. The van der Waals surface area contributed by atoms with Gasteiger partial charge in [0.25, 0.3) is 10.1 Å². The highest BCUT2D eigenvalue weighted by molar-refractivity contribution is 7.86. The zero-order chi connectivity index (χ0) is 22.3. The topological polar surface area (TPSA) is 91.3 Å². The van der Waals surface area contributed by atoms with Gasteiger partial charge in [-0.2, -0.15) is 8.42 Å². The summed E-state index contributed by atoms with van der Waals surface area (Å²) in [7, 11) is -4.02. The second kappa shape index (κ2) is 8.47. The Bertz CT molecular complexity index is 954. The highest BCUT2D eigenvalue weighted by Crippen LogP contribution is 2.43. The number of rotatable bonds is 4. The van der Waals surface area contributed by atoms with Crippen LogP contribution in [0.1, 0.15) is 51.5 Å². The van der Waals surface area contributed by atoms with Gasteiger partial charge in [0.05, 0.1) is 11.5 Å². The maximum absolute atomic E-state index is 12.6. The number of ether oxygens (including phenoxy) is 3. The first-order chi connectivity index (χ1) is 14.6. The molecule has 1 unspecified atom stereocenters. The number of hydrogen-bond donors (Lipinski definition) is 1. The van der Waals surface area contributed by atoms with Gasteiger partial charge in [0, 0.05) is 5.92 Å². The second-order valence-corrected chi connectivity index (χ2v) is 10.6. The number of aryl methyl sites for hydroxylation is 1. The third-order valence-corrected chi connectivity index (χ3v) is 7.34. The van der Waals surface area contributed by atoms with Gasteiger partial charge in [0.15, 0.2) is 23.8 Å². The van der Waals surface area contributed by atoms with E-state index in [9.17, 15) is 13.5 Å². The van der Waals surface area contributed by atoms with E-state index in [1.807, 2.05) is 6.92 Å². The van der Waals surface area contributed by atoms with Crippen LogP contribution in [0.15, 0.2) is 29.2 Å². The van der Waals surface area contributed by atoms with E-state index in [0.717, 1.165) is 31.2 Å². The Labute approximate surface area is 184 Å². The molecular formula is C23H30O7S. The van der Waals surface area contributed by atoms with Crippen molar-refractivity contribution in [3.8, 4) is 11.8 Å². The molecule has 4 atom stereocenters. The first-order valence-electron chi connectivity index (χ1n) is 10.8. The van der Waals surface area contributed by atoms with Gasteiger partial charge in [-0.05, 0) is 45.7 Å². The molecule has 1 N–H and O–H groups in total. The van der Waals surface area contributed by atoms with Gasteiger partial charge in [-0.25, -0.2) is 0 Å². The average Bonchev–Trinajstić information content (AvgIpc) is 3.17. The van der Waals surface area contributed by atoms with E-state index < -0.39 is 46.6 Å². The smallest absolute Gasteiger partial charge is 0.297 e. The first-order valence-corrected chi connectivity index (χ1v) is 12.2. The van der Waals surface area contributed by atoms with Crippen molar-refractivity contribution in [3.63, 3.8) is 0 Å². The van der Waals surface area contributed by atoms with Crippen LogP contribution in [0.3, 0.4) is 0 Å². The van der Waals surface area contributed by atoms with Gasteiger partial charge >= 0.3 is 0 Å². The minimum atomic E-state index is -4.02. The standard InChI is InChI=1S/C23H30O7S/c1-16-9-11-18(12-10-16)31(25,26)27-15-19-23(24,14-13-17-7-5-4-6-8-17)20-21(28-19)30-22(2,3)29-20/h9-12,17,19-21,24H,4-8,15H2,1-3H3/t19?,20-,21+,23+/m0/s1. The summed E-state index contributed by atoms with van der Waals surface area (Å²) in [6.45, 7) is 4.94. The Morgan fingerprint density at radius 3 is 2.48 bits per heavy atom. The Morgan fingerprint density at radius 1 is 1.13 bits per heavy atom. The van der Waals surface area contributed by atoms with E-state index in [4.69, 9.17) is 18.4 Å². The van der Waals surface area contributed by atoms with Gasteiger partial charge < -0.3 is 19.3 Å². The van der Waals surface area contributed by atoms with Crippen molar-refractivity contribution in [2.75, 3.05) is 6.61 Å². The summed E-state index contributed by atoms with van der Waals surface area (Å²) >= 11 is 0. The van der Waals surface area contributed by atoms with Crippen LogP contribution in [0.2, 0.25) is 0 Å². The van der Waals surface area contributed by atoms with Crippen molar-refractivity contribution < 1.29 is 31.9 Å². The summed E-state index contributed by atoms with van der Waals surface area (Å²) in [5, 5.41) is 11.5. The van der Waals surface area contributed by atoms with E-state index in [0.29, 0.717) is 0 Å². The van der Waals surface area contributed by atoms with Gasteiger partial charge in [-0.15, -0.1) is 0 Å². The molecule has 8 heteroatoms. The molecule has 0 radical (unpaired) electrons. The highest BCUT2D eigenvalue weighted by atomic mass is 32.2. The van der Waals surface area contributed by atoms with E-state index in [2.05, 4.69) is 11.8 Å². The van der Waals surface area contributed by atoms with Crippen molar-refractivity contribution in [1.29, 1.82) is 0 Å². The molecule has 0 amide bonds. The largest absolute Gasteiger partial charge is 0.372 e. The SMILES string of the molecule is Cc1ccc(S(=O)(=O)OCC2O[C@@H]3OC(C)(C)O[C@@H]3[C@@]2(O)C#CC2CCCCC2)cc1. The number of benzene rings is 1. The van der Waals surface area contributed by atoms with Crippen LogP contribution in [0.4, 0.5) is 0 Å². The van der Waals surface area contributed by atoms with Crippen LogP contribution in [-0.4, -0.2) is 50.0 Å². The van der Waals surface area contributed by atoms with Crippen molar-refractivity contribution in [2.45, 2.75) is 87.7 Å². The van der Waals surface area contributed by atoms with Crippen molar-refractivity contribution in [1.82, 2.24) is 0 Å². The number of hydrogen-bond acceptors (Lipinski definition) is 7. The predicted molar refractivity (Wildman–Crippen MR) is 112 cm³/mol. The highest BCUT2D eigenvalue weighted by Gasteiger charge is 2.63. The second-order valence-electron chi connectivity index (χ2n) is 9.03. The molecule has 170 valence electrons. The van der Waals surface area contributed by atoms with Crippen molar-refractivity contribution in [2.24, 2.45) is 5.92 Å². The molecule has 0 aromatic heterocycles. The molecule has 4 rings (SSSR count). The minimum Gasteiger partial charge on any atom is -0.372 e. The van der Waals surface area contributed by atoms with Crippen LogP contribution in [-0.2, 0) is 28.5 Å². The molecule has 0 spiro atoms. The predicted octanol–water partition coefficient (Wildman–Crippen LogP) is 2.89. The molecule has 2 aliphatic heterocycles. The molecule has 1 aromatic rings. The summed E-state index contributed by atoms with van der Waals surface area (Å²) < 4.78 is 47.9. The minimum absolute atomic E-state index is 0.0433. The molecule has 2 heterocycles. The van der Waals surface area contributed by atoms with E-state index in [1.54, 1.807) is 26.0 Å². The van der Waals surface area contributed by atoms with Crippen LogP contribution >= 0.6 is 0 Å². The van der Waals surface area contributed by atoms with Crippen LogP contribution in [0.25, 0.3) is 0 Å². The fraction of sp³-hybridized carbons (Fsp3) is 0.652. The van der Waals surface area contributed by atoms with Crippen molar-refractivity contribution in [3.05, 3.63) is 29.8 Å². The third-order valence-electron chi connectivity index (χ3n) is 6.05. The molecule has 1 aromatic carbocycles. The average molecular weight is 451 g/mol. The number of aliphatic hydroxyl groups is 1. The van der Waals surface area contributed by atoms with Crippen LogP contribution in [0, 0.1) is 24.7 Å². The Kier molecular flexibility index (Phi) is 6.21. The molecule has 7 nitrogen and oxygen atoms in total. The van der Waals surface area contributed by atoms with Gasteiger partial charge in [0.2, 0.25) is 0 Å². The molecule has 1 aliphatic carbocycles. The fourth-order valence-electron chi connectivity index (χ4n) is 4.28. The fourth-order valence-corrected chi connectivity index (χ4v) is 5.19. The summed E-state index contributed by atoms with van der Waals surface area (Å²) in [4.78, 5) is 0.0433. The summed E-state index contributed by atoms with van der Waals surface area (Å²) in [5.74, 6) is 5.42. The monoisotopic (exact) mass is 450 g/mol. The van der Waals surface area contributed by atoms with E-state index in [1.165, 1.54) is 18.6 Å². The lowest BCUT2D eigenvalue weighted by atomic mass is 9.87. The van der Waals surface area contributed by atoms with E-state index >= 15 is 0 Å². The molecule has 1 saturated carbocycles. The lowest BCUT2D eigenvalue weighted by Gasteiger charge is -2.29. The molecule has 3 aliphatic rings. The molecule has 31 heavy (non-hydrogen) atoms. The summed E-state index contributed by atoms with van der Waals surface area (Å²) in [6, 6.07) is 6.36. The first kappa shape index (κ1) is 22.7. The van der Waals surface area contributed by atoms with Crippen LogP contribution in [0.5, 0.6) is 0 Å². The van der Waals surface area contributed by atoms with Crippen LogP contribution < -0.4 is 0 Å². The third kappa shape index (κ3) is 4.82.